The zero-order chi connectivity index (χ0) is 22.6. The number of carbonyl (C=O) groups is 3. The number of rotatable bonds is 8. The first-order valence-electron chi connectivity index (χ1n) is 9.84. The monoisotopic (exact) mass is 434 g/mol. The van der Waals surface area contributed by atoms with Crippen molar-refractivity contribution < 1.29 is 28.6 Å². The van der Waals surface area contributed by atoms with Gasteiger partial charge in [-0.3, -0.25) is 10.6 Å². The molecule has 0 saturated carbocycles. The van der Waals surface area contributed by atoms with Gasteiger partial charge in [-0.05, 0) is 36.4 Å². The fourth-order valence-electron chi connectivity index (χ4n) is 2.61. The first-order chi connectivity index (χ1) is 15.6. The van der Waals surface area contributed by atoms with E-state index in [-0.39, 0.29) is 13.2 Å². The molecule has 0 aliphatic heterocycles. The molecule has 0 saturated heterocycles. The summed E-state index contributed by atoms with van der Waals surface area (Å²) in [4.78, 5) is 36.5. The molecule has 2 N–H and O–H groups in total. The highest BCUT2D eigenvalue weighted by Crippen LogP contribution is 2.09. The van der Waals surface area contributed by atoms with Crippen molar-refractivity contribution in [1.29, 1.82) is 0 Å². The SMILES string of the molecule is O=C(Nc1ccccc1)OCC(COC(=O)c1ccccc1)OC(=O)Nc1ccccc1. The van der Waals surface area contributed by atoms with E-state index in [2.05, 4.69) is 10.6 Å². The molecule has 0 radical (unpaired) electrons. The summed E-state index contributed by atoms with van der Waals surface area (Å²) < 4.78 is 15.7. The van der Waals surface area contributed by atoms with Crippen LogP contribution in [0.2, 0.25) is 0 Å². The van der Waals surface area contributed by atoms with Gasteiger partial charge in [-0.25, -0.2) is 14.4 Å². The number of carbonyl (C=O) groups excluding carboxylic acids is 3. The van der Waals surface area contributed by atoms with Crippen LogP contribution in [-0.4, -0.2) is 37.5 Å². The highest BCUT2D eigenvalue weighted by molar-refractivity contribution is 5.89. The van der Waals surface area contributed by atoms with Crippen molar-refractivity contribution in [3.63, 3.8) is 0 Å². The Hall–Kier alpha value is -4.33. The lowest BCUT2D eigenvalue weighted by Crippen LogP contribution is -2.33. The van der Waals surface area contributed by atoms with Gasteiger partial charge in [-0.2, -0.15) is 0 Å². The highest BCUT2D eigenvalue weighted by Gasteiger charge is 2.20. The standard InChI is InChI=1S/C24H22N2O6/c27-22(18-10-4-1-5-11-18)30-16-21(32-24(29)26-20-14-8-3-9-15-20)17-31-23(28)25-19-12-6-2-7-13-19/h1-15,21H,16-17H2,(H,25,28)(H,26,29). The summed E-state index contributed by atoms with van der Waals surface area (Å²) in [5.74, 6) is -0.587. The maximum absolute atomic E-state index is 12.2. The molecular weight excluding hydrogens is 412 g/mol. The van der Waals surface area contributed by atoms with Crippen LogP contribution in [-0.2, 0) is 14.2 Å². The number of benzene rings is 3. The van der Waals surface area contributed by atoms with E-state index in [1.54, 1.807) is 78.9 Å². The molecule has 164 valence electrons. The van der Waals surface area contributed by atoms with E-state index in [0.29, 0.717) is 16.9 Å². The number of para-hydroxylation sites is 2. The molecule has 0 aromatic heterocycles. The van der Waals surface area contributed by atoms with Crippen LogP contribution in [0, 0.1) is 0 Å². The molecule has 0 fully saturated rings. The van der Waals surface area contributed by atoms with Gasteiger partial charge in [0, 0.05) is 11.4 Å². The molecule has 1 atom stereocenters. The molecule has 0 heterocycles. The Morgan fingerprint density at radius 2 is 1.09 bits per heavy atom. The van der Waals surface area contributed by atoms with Crippen molar-refractivity contribution in [2.24, 2.45) is 0 Å². The van der Waals surface area contributed by atoms with E-state index in [1.807, 2.05) is 12.1 Å². The van der Waals surface area contributed by atoms with Crippen LogP contribution in [0.3, 0.4) is 0 Å². The van der Waals surface area contributed by atoms with Gasteiger partial charge < -0.3 is 14.2 Å². The number of nitrogens with one attached hydrogen (secondary N) is 2. The van der Waals surface area contributed by atoms with Gasteiger partial charge in [0.25, 0.3) is 0 Å². The van der Waals surface area contributed by atoms with Gasteiger partial charge in [0.2, 0.25) is 0 Å². The molecule has 1 unspecified atom stereocenters. The predicted molar refractivity (Wildman–Crippen MR) is 118 cm³/mol. The summed E-state index contributed by atoms with van der Waals surface area (Å²) in [6.07, 6.45) is -2.53. The highest BCUT2D eigenvalue weighted by atomic mass is 16.6. The van der Waals surface area contributed by atoms with Crippen LogP contribution in [0.4, 0.5) is 21.0 Å². The average molecular weight is 434 g/mol. The predicted octanol–water partition coefficient (Wildman–Crippen LogP) is 4.71. The van der Waals surface area contributed by atoms with E-state index >= 15 is 0 Å². The van der Waals surface area contributed by atoms with E-state index in [9.17, 15) is 14.4 Å². The van der Waals surface area contributed by atoms with Crippen LogP contribution >= 0.6 is 0 Å². The minimum absolute atomic E-state index is 0.297. The Labute approximate surface area is 185 Å². The molecule has 0 spiro atoms. The lowest BCUT2D eigenvalue weighted by molar-refractivity contribution is 0.000193. The number of hydrogen-bond donors (Lipinski definition) is 2. The summed E-state index contributed by atoms with van der Waals surface area (Å²) in [5.41, 5.74) is 1.43. The van der Waals surface area contributed by atoms with Gasteiger partial charge in [0.05, 0.1) is 5.56 Å². The van der Waals surface area contributed by atoms with Crippen molar-refractivity contribution in [3.05, 3.63) is 96.6 Å². The van der Waals surface area contributed by atoms with Crippen molar-refractivity contribution in [1.82, 2.24) is 0 Å². The van der Waals surface area contributed by atoms with Crippen molar-refractivity contribution in [2.45, 2.75) is 6.10 Å². The Bertz CT molecular complexity index is 1010. The number of hydrogen-bond acceptors (Lipinski definition) is 6. The molecule has 0 aliphatic rings. The first-order valence-corrected chi connectivity index (χ1v) is 9.84. The van der Waals surface area contributed by atoms with Crippen molar-refractivity contribution >= 4 is 29.5 Å². The molecule has 3 rings (SSSR count). The summed E-state index contributed by atoms with van der Waals surface area (Å²) in [6, 6.07) is 25.8. The zero-order valence-corrected chi connectivity index (χ0v) is 17.1. The third-order valence-corrected chi connectivity index (χ3v) is 4.12. The molecular formula is C24H22N2O6. The Morgan fingerprint density at radius 3 is 1.66 bits per heavy atom. The minimum Gasteiger partial charge on any atom is -0.458 e. The van der Waals surface area contributed by atoms with Gasteiger partial charge in [-0.1, -0.05) is 54.6 Å². The number of anilines is 2. The smallest absolute Gasteiger partial charge is 0.412 e. The number of amides is 2. The quantitative estimate of drug-likeness (QED) is 0.393. The van der Waals surface area contributed by atoms with Gasteiger partial charge in [-0.15, -0.1) is 0 Å². The van der Waals surface area contributed by atoms with Crippen LogP contribution in [0.1, 0.15) is 10.4 Å². The molecule has 3 aromatic carbocycles. The van der Waals surface area contributed by atoms with Crippen LogP contribution in [0.5, 0.6) is 0 Å². The lowest BCUT2D eigenvalue weighted by atomic mass is 10.2. The molecule has 8 heteroatoms. The van der Waals surface area contributed by atoms with Gasteiger partial charge >= 0.3 is 18.2 Å². The van der Waals surface area contributed by atoms with Gasteiger partial charge in [0.1, 0.15) is 13.2 Å². The fourth-order valence-corrected chi connectivity index (χ4v) is 2.61. The zero-order valence-electron chi connectivity index (χ0n) is 17.1. The average Bonchev–Trinajstić information content (AvgIpc) is 2.82. The number of ether oxygens (including phenoxy) is 3. The normalized spacial score (nSPS) is 11.0. The number of esters is 1. The molecule has 0 bridgehead atoms. The van der Waals surface area contributed by atoms with E-state index in [0.717, 1.165) is 0 Å². The van der Waals surface area contributed by atoms with E-state index in [1.165, 1.54) is 0 Å². The maximum atomic E-state index is 12.2. The van der Waals surface area contributed by atoms with Crippen molar-refractivity contribution in [3.8, 4) is 0 Å². The minimum atomic E-state index is -1.02. The second-order valence-corrected chi connectivity index (χ2v) is 6.57. The van der Waals surface area contributed by atoms with Crippen LogP contribution in [0.15, 0.2) is 91.0 Å². The molecule has 32 heavy (non-hydrogen) atoms. The second kappa shape index (κ2) is 11.8. The molecule has 3 aromatic rings. The summed E-state index contributed by atoms with van der Waals surface area (Å²) in [7, 11) is 0. The topological polar surface area (TPSA) is 103 Å². The van der Waals surface area contributed by atoms with Crippen LogP contribution < -0.4 is 10.6 Å². The second-order valence-electron chi connectivity index (χ2n) is 6.57. The van der Waals surface area contributed by atoms with Crippen LogP contribution in [0.25, 0.3) is 0 Å². The maximum Gasteiger partial charge on any atom is 0.412 e. The largest absolute Gasteiger partial charge is 0.458 e. The molecule has 0 aliphatic carbocycles. The Kier molecular flexibility index (Phi) is 8.21. The van der Waals surface area contributed by atoms with Crippen molar-refractivity contribution in [2.75, 3.05) is 23.8 Å². The van der Waals surface area contributed by atoms with E-state index in [4.69, 9.17) is 14.2 Å². The first kappa shape index (κ1) is 22.4. The summed E-state index contributed by atoms with van der Waals surface area (Å²) in [6.45, 7) is -0.614. The fraction of sp³-hybridized carbons (Fsp3) is 0.125. The van der Waals surface area contributed by atoms with E-state index < -0.39 is 24.3 Å². The molecule has 8 nitrogen and oxygen atoms in total. The third-order valence-electron chi connectivity index (χ3n) is 4.12. The Balaban J connectivity index is 1.56. The van der Waals surface area contributed by atoms with Gasteiger partial charge in [0.15, 0.2) is 6.10 Å². The lowest BCUT2D eigenvalue weighted by Gasteiger charge is -2.18. The molecule has 2 amide bonds. The third kappa shape index (κ3) is 7.49. The Morgan fingerprint density at radius 1 is 0.625 bits per heavy atom. The summed E-state index contributed by atoms with van der Waals surface area (Å²) in [5, 5.41) is 5.12. The summed E-state index contributed by atoms with van der Waals surface area (Å²) >= 11 is 0.